The van der Waals surface area contributed by atoms with Gasteiger partial charge in [0.15, 0.2) is 11.5 Å². The first-order chi connectivity index (χ1) is 11.7. The molecule has 5 heteroatoms. The zero-order chi connectivity index (χ0) is 16.5. The molecular formula is C19H19NO4. The van der Waals surface area contributed by atoms with Crippen LogP contribution in [0.15, 0.2) is 42.5 Å². The van der Waals surface area contributed by atoms with E-state index in [1.165, 1.54) is 0 Å². The summed E-state index contributed by atoms with van der Waals surface area (Å²) in [6.45, 7) is 0.835. The molecule has 24 heavy (non-hydrogen) atoms. The number of hydrogen-bond donors (Lipinski definition) is 0. The molecule has 2 aliphatic rings. The number of rotatable bonds is 5. The Labute approximate surface area is 140 Å². The first-order valence-corrected chi connectivity index (χ1v) is 8.08. The molecule has 1 fully saturated rings. The molecule has 0 saturated heterocycles. The Balaban J connectivity index is 1.54. The van der Waals surface area contributed by atoms with Crippen LogP contribution in [0.3, 0.4) is 0 Å². The summed E-state index contributed by atoms with van der Waals surface area (Å²) in [5.41, 5.74) is 1.73. The van der Waals surface area contributed by atoms with E-state index in [1.54, 1.807) is 7.11 Å². The minimum absolute atomic E-state index is 0.0535. The summed E-state index contributed by atoms with van der Waals surface area (Å²) < 4.78 is 15.9. The topological polar surface area (TPSA) is 48.0 Å². The molecule has 1 heterocycles. The van der Waals surface area contributed by atoms with Crippen molar-refractivity contribution in [3.05, 3.63) is 53.6 Å². The van der Waals surface area contributed by atoms with Crippen LogP contribution >= 0.6 is 0 Å². The predicted octanol–water partition coefficient (Wildman–Crippen LogP) is 3.23. The number of amides is 1. The number of carbonyl (C=O) groups excluding carboxylic acids is 1. The Hall–Kier alpha value is -2.69. The quantitative estimate of drug-likeness (QED) is 0.847. The van der Waals surface area contributed by atoms with Crippen molar-refractivity contribution in [2.75, 3.05) is 13.9 Å². The molecule has 1 saturated carbocycles. The number of ether oxygens (including phenoxy) is 3. The number of methoxy groups -OCH3 is 1. The van der Waals surface area contributed by atoms with Gasteiger partial charge >= 0.3 is 0 Å². The van der Waals surface area contributed by atoms with Crippen LogP contribution in [-0.4, -0.2) is 30.8 Å². The summed E-state index contributed by atoms with van der Waals surface area (Å²) in [5.74, 6) is 2.32. The Bertz CT molecular complexity index is 752. The lowest BCUT2D eigenvalue weighted by atomic mass is 10.1. The van der Waals surface area contributed by atoms with E-state index < -0.39 is 0 Å². The molecule has 1 aliphatic heterocycles. The molecule has 0 atom stereocenters. The van der Waals surface area contributed by atoms with E-state index in [1.807, 2.05) is 47.4 Å². The highest BCUT2D eigenvalue weighted by molar-refractivity contribution is 5.94. The first-order valence-electron chi connectivity index (χ1n) is 8.08. The standard InChI is InChI=1S/C19H19NO4/c1-22-16-7-3-14(4-8-16)19(21)20(15-5-6-15)11-13-2-9-17-18(10-13)24-12-23-17/h2-4,7-10,15H,5-6,11-12H2,1H3. The van der Waals surface area contributed by atoms with E-state index >= 15 is 0 Å². The van der Waals surface area contributed by atoms with Crippen molar-refractivity contribution in [3.8, 4) is 17.2 Å². The molecule has 1 amide bonds. The van der Waals surface area contributed by atoms with Gasteiger partial charge in [0.2, 0.25) is 6.79 Å². The lowest BCUT2D eigenvalue weighted by Crippen LogP contribution is -2.32. The minimum atomic E-state index is 0.0535. The Morgan fingerprint density at radius 3 is 2.58 bits per heavy atom. The fourth-order valence-corrected chi connectivity index (χ4v) is 2.89. The molecule has 2 aromatic carbocycles. The highest BCUT2D eigenvalue weighted by Crippen LogP contribution is 2.35. The normalized spacial score (nSPS) is 15.2. The highest BCUT2D eigenvalue weighted by Gasteiger charge is 2.33. The van der Waals surface area contributed by atoms with Crippen LogP contribution < -0.4 is 14.2 Å². The SMILES string of the molecule is COc1ccc(C(=O)N(Cc2ccc3c(c2)OCO3)C2CC2)cc1. The minimum Gasteiger partial charge on any atom is -0.497 e. The maximum absolute atomic E-state index is 12.9. The van der Waals surface area contributed by atoms with Crippen LogP contribution in [0.2, 0.25) is 0 Å². The third-order valence-corrected chi connectivity index (χ3v) is 4.38. The number of nitrogens with zero attached hydrogens (tertiary/aromatic N) is 1. The fraction of sp³-hybridized carbons (Fsp3) is 0.316. The number of carbonyl (C=O) groups is 1. The molecule has 1 aliphatic carbocycles. The molecule has 0 radical (unpaired) electrons. The summed E-state index contributed by atoms with van der Waals surface area (Å²) in [5, 5.41) is 0. The maximum Gasteiger partial charge on any atom is 0.254 e. The van der Waals surface area contributed by atoms with E-state index in [2.05, 4.69) is 0 Å². The van der Waals surface area contributed by atoms with Gasteiger partial charge in [-0.2, -0.15) is 0 Å². The van der Waals surface area contributed by atoms with Gasteiger partial charge in [-0.05, 0) is 54.8 Å². The third kappa shape index (κ3) is 2.89. The summed E-state index contributed by atoms with van der Waals surface area (Å²) in [6, 6.07) is 13.4. The van der Waals surface area contributed by atoms with Gasteiger partial charge in [-0.25, -0.2) is 0 Å². The summed E-state index contributed by atoms with van der Waals surface area (Å²) in [7, 11) is 1.62. The molecule has 0 bridgehead atoms. The summed E-state index contributed by atoms with van der Waals surface area (Å²) >= 11 is 0. The largest absolute Gasteiger partial charge is 0.497 e. The number of hydrogen-bond acceptors (Lipinski definition) is 4. The molecule has 0 N–H and O–H groups in total. The van der Waals surface area contributed by atoms with Crippen molar-refractivity contribution in [1.82, 2.24) is 4.90 Å². The van der Waals surface area contributed by atoms with E-state index in [-0.39, 0.29) is 12.7 Å². The van der Waals surface area contributed by atoms with Gasteiger partial charge in [0.05, 0.1) is 7.11 Å². The molecule has 4 rings (SSSR count). The van der Waals surface area contributed by atoms with Gasteiger partial charge in [0, 0.05) is 18.2 Å². The van der Waals surface area contributed by atoms with E-state index in [0.29, 0.717) is 18.2 Å². The average molecular weight is 325 g/mol. The second kappa shape index (κ2) is 6.07. The maximum atomic E-state index is 12.9. The second-order valence-corrected chi connectivity index (χ2v) is 6.08. The van der Waals surface area contributed by atoms with E-state index in [4.69, 9.17) is 14.2 Å². The first kappa shape index (κ1) is 14.9. The van der Waals surface area contributed by atoms with Crippen molar-refractivity contribution in [1.29, 1.82) is 0 Å². The van der Waals surface area contributed by atoms with Gasteiger partial charge in [-0.1, -0.05) is 6.07 Å². The molecule has 5 nitrogen and oxygen atoms in total. The molecule has 124 valence electrons. The van der Waals surface area contributed by atoms with Crippen molar-refractivity contribution < 1.29 is 19.0 Å². The molecule has 2 aromatic rings. The van der Waals surface area contributed by atoms with E-state index in [0.717, 1.165) is 35.7 Å². The van der Waals surface area contributed by atoms with Crippen LogP contribution in [0, 0.1) is 0 Å². The van der Waals surface area contributed by atoms with Crippen molar-refractivity contribution in [2.24, 2.45) is 0 Å². The summed E-state index contributed by atoms with van der Waals surface area (Å²) in [4.78, 5) is 14.8. The molecule has 0 unspecified atom stereocenters. The molecule has 0 aromatic heterocycles. The van der Waals surface area contributed by atoms with Crippen LogP contribution in [-0.2, 0) is 6.54 Å². The van der Waals surface area contributed by atoms with Crippen LogP contribution in [0.1, 0.15) is 28.8 Å². The van der Waals surface area contributed by atoms with Gasteiger partial charge in [-0.3, -0.25) is 4.79 Å². The Morgan fingerprint density at radius 1 is 1.12 bits per heavy atom. The van der Waals surface area contributed by atoms with Gasteiger partial charge < -0.3 is 19.1 Å². The second-order valence-electron chi connectivity index (χ2n) is 6.08. The number of fused-ring (bicyclic) bond motifs is 1. The van der Waals surface area contributed by atoms with Crippen molar-refractivity contribution in [3.63, 3.8) is 0 Å². The Morgan fingerprint density at radius 2 is 1.88 bits per heavy atom. The summed E-state index contributed by atoms with van der Waals surface area (Å²) in [6.07, 6.45) is 2.12. The fourth-order valence-electron chi connectivity index (χ4n) is 2.89. The highest BCUT2D eigenvalue weighted by atomic mass is 16.7. The van der Waals surface area contributed by atoms with E-state index in [9.17, 15) is 4.79 Å². The molecular weight excluding hydrogens is 306 g/mol. The average Bonchev–Trinajstić information content (AvgIpc) is 3.36. The predicted molar refractivity (Wildman–Crippen MR) is 88.5 cm³/mol. The smallest absolute Gasteiger partial charge is 0.254 e. The van der Waals surface area contributed by atoms with Gasteiger partial charge in [0.1, 0.15) is 5.75 Å². The van der Waals surface area contributed by atoms with Crippen LogP contribution in [0.25, 0.3) is 0 Å². The lowest BCUT2D eigenvalue weighted by Gasteiger charge is -2.23. The third-order valence-electron chi connectivity index (χ3n) is 4.38. The monoisotopic (exact) mass is 325 g/mol. The van der Waals surface area contributed by atoms with Crippen LogP contribution in [0.4, 0.5) is 0 Å². The molecule has 0 spiro atoms. The lowest BCUT2D eigenvalue weighted by molar-refractivity contribution is 0.0729. The zero-order valence-electron chi connectivity index (χ0n) is 13.5. The van der Waals surface area contributed by atoms with Crippen LogP contribution in [0.5, 0.6) is 17.2 Å². The van der Waals surface area contributed by atoms with Gasteiger partial charge in [0.25, 0.3) is 5.91 Å². The van der Waals surface area contributed by atoms with Crippen molar-refractivity contribution in [2.45, 2.75) is 25.4 Å². The van der Waals surface area contributed by atoms with Gasteiger partial charge in [-0.15, -0.1) is 0 Å². The Kier molecular flexibility index (Phi) is 3.76. The number of benzene rings is 2. The zero-order valence-corrected chi connectivity index (χ0v) is 13.5. The van der Waals surface area contributed by atoms with Crippen molar-refractivity contribution >= 4 is 5.91 Å².